The summed E-state index contributed by atoms with van der Waals surface area (Å²) in [7, 11) is 0. The highest BCUT2D eigenvalue weighted by Gasteiger charge is 2.43. The molecule has 1 aliphatic rings. The first-order valence-corrected chi connectivity index (χ1v) is 11.8. The lowest BCUT2D eigenvalue weighted by molar-refractivity contribution is -0.0650. The van der Waals surface area contributed by atoms with Crippen LogP contribution in [0.5, 0.6) is 0 Å². The van der Waals surface area contributed by atoms with Gasteiger partial charge in [-0.1, -0.05) is 48.5 Å². The second-order valence-corrected chi connectivity index (χ2v) is 8.81. The SMILES string of the molecule is C[C@@H](c1ccc(-c2ccc(F)cc2)cc1)N1CCC(CCNCCF)(c2ccc(F)cc2)OC1=O. The van der Waals surface area contributed by atoms with Crippen molar-refractivity contribution in [1.82, 2.24) is 10.2 Å². The quantitative estimate of drug-likeness (QED) is 0.360. The fourth-order valence-electron chi connectivity index (χ4n) is 4.56. The molecule has 1 heterocycles. The Morgan fingerprint density at radius 2 is 1.49 bits per heavy atom. The van der Waals surface area contributed by atoms with Crippen molar-refractivity contribution in [3.63, 3.8) is 0 Å². The Morgan fingerprint density at radius 1 is 0.914 bits per heavy atom. The van der Waals surface area contributed by atoms with Crippen molar-refractivity contribution in [3.05, 3.63) is 95.6 Å². The van der Waals surface area contributed by atoms with Crippen LogP contribution in [0.4, 0.5) is 18.0 Å². The van der Waals surface area contributed by atoms with E-state index in [9.17, 15) is 18.0 Å². The maximum Gasteiger partial charge on any atom is 0.411 e. The molecule has 1 amide bonds. The molecule has 0 aliphatic carbocycles. The van der Waals surface area contributed by atoms with Gasteiger partial charge in [0.1, 0.15) is 23.9 Å². The van der Waals surface area contributed by atoms with E-state index in [1.54, 1.807) is 29.2 Å². The molecule has 7 heteroatoms. The number of hydrogen-bond acceptors (Lipinski definition) is 3. The Kier molecular flexibility index (Phi) is 7.76. The highest BCUT2D eigenvalue weighted by molar-refractivity contribution is 5.70. The highest BCUT2D eigenvalue weighted by Crippen LogP contribution is 2.39. The summed E-state index contributed by atoms with van der Waals surface area (Å²) < 4.78 is 45.3. The summed E-state index contributed by atoms with van der Waals surface area (Å²) in [5.74, 6) is -0.640. The number of carbonyl (C=O) groups excluding carboxylic acids is 1. The Balaban J connectivity index is 1.49. The third-order valence-electron chi connectivity index (χ3n) is 6.66. The first-order chi connectivity index (χ1) is 16.9. The number of amides is 1. The van der Waals surface area contributed by atoms with Gasteiger partial charge < -0.3 is 15.0 Å². The van der Waals surface area contributed by atoms with Gasteiger partial charge in [0, 0.05) is 25.9 Å². The second kappa shape index (κ2) is 11.0. The van der Waals surface area contributed by atoms with Crippen molar-refractivity contribution in [2.24, 2.45) is 0 Å². The van der Waals surface area contributed by atoms with Crippen molar-refractivity contribution in [1.29, 1.82) is 0 Å². The average Bonchev–Trinajstić information content (AvgIpc) is 2.87. The van der Waals surface area contributed by atoms with Crippen molar-refractivity contribution in [3.8, 4) is 11.1 Å². The highest BCUT2D eigenvalue weighted by atomic mass is 19.1. The number of halogens is 3. The van der Waals surface area contributed by atoms with Crippen LogP contribution in [0.3, 0.4) is 0 Å². The van der Waals surface area contributed by atoms with Crippen LogP contribution in [0, 0.1) is 11.6 Å². The third-order valence-corrected chi connectivity index (χ3v) is 6.66. The number of benzene rings is 3. The molecule has 184 valence electrons. The zero-order valence-electron chi connectivity index (χ0n) is 19.6. The third kappa shape index (κ3) is 5.68. The van der Waals surface area contributed by atoms with Gasteiger partial charge in [-0.25, -0.2) is 18.0 Å². The fraction of sp³-hybridized carbons (Fsp3) is 0.321. The molecule has 0 radical (unpaired) electrons. The van der Waals surface area contributed by atoms with Gasteiger partial charge in [0.2, 0.25) is 0 Å². The Labute approximate surface area is 203 Å². The largest absolute Gasteiger partial charge is 0.438 e. The number of alkyl halides is 1. The number of nitrogens with zero attached hydrogens (tertiary/aromatic N) is 1. The molecule has 1 saturated heterocycles. The van der Waals surface area contributed by atoms with E-state index >= 15 is 0 Å². The number of hydrogen-bond donors (Lipinski definition) is 1. The van der Waals surface area contributed by atoms with E-state index in [0.29, 0.717) is 25.9 Å². The van der Waals surface area contributed by atoms with Gasteiger partial charge in [-0.2, -0.15) is 0 Å². The Hall–Kier alpha value is -3.32. The van der Waals surface area contributed by atoms with E-state index < -0.39 is 18.4 Å². The molecule has 1 fully saturated rings. The molecule has 0 bridgehead atoms. The van der Waals surface area contributed by atoms with E-state index in [1.165, 1.54) is 24.3 Å². The smallest absolute Gasteiger partial charge is 0.411 e. The predicted octanol–water partition coefficient (Wildman–Crippen LogP) is 6.38. The summed E-state index contributed by atoms with van der Waals surface area (Å²) in [6.45, 7) is 2.62. The molecule has 1 unspecified atom stereocenters. The molecule has 0 saturated carbocycles. The van der Waals surface area contributed by atoms with E-state index in [2.05, 4.69) is 5.32 Å². The molecular weight excluding hydrogens is 453 g/mol. The summed E-state index contributed by atoms with van der Waals surface area (Å²) in [5.41, 5.74) is 2.64. The minimum atomic E-state index is -0.906. The van der Waals surface area contributed by atoms with E-state index in [0.717, 1.165) is 22.3 Å². The summed E-state index contributed by atoms with van der Waals surface area (Å²) in [6, 6.07) is 19.9. The van der Waals surface area contributed by atoms with Crippen molar-refractivity contribution in [2.75, 3.05) is 26.3 Å². The van der Waals surface area contributed by atoms with E-state index in [1.807, 2.05) is 31.2 Å². The summed E-state index contributed by atoms with van der Waals surface area (Å²) in [6.07, 6.45) is 0.541. The normalized spacial score (nSPS) is 18.9. The standard InChI is InChI=1S/C28H29F3N2O2/c1-20(21-2-4-22(5-3-21)23-6-10-25(30)11-7-23)33-19-15-28(35-27(33)34,14-17-32-18-16-29)24-8-12-26(31)13-9-24/h2-13,20,32H,14-19H2,1H3/t20-,28?/m0/s1. The first-order valence-electron chi connectivity index (χ1n) is 11.8. The van der Waals surface area contributed by atoms with Crippen LogP contribution in [-0.4, -0.2) is 37.3 Å². The van der Waals surface area contributed by atoms with Gasteiger partial charge in [0.25, 0.3) is 0 Å². The van der Waals surface area contributed by atoms with Gasteiger partial charge in [0.15, 0.2) is 0 Å². The summed E-state index contributed by atoms with van der Waals surface area (Å²) in [4.78, 5) is 14.9. The molecule has 2 atom stereocenters. The van der Waals surface area contributed by atoms with Crippen molar-refractivity contribution < 1.29 is 22.7 Å². The van der Waals surface area contributed by atoms with Gasteiger partial charge >= 0.3 is 6.09 Å². The number of rotatable bonds is 9. The zero-order chi connectivity index (χ0) is 24.8. The number of ether oxygens (including phenoxy) is 1. The Morgan fingerprint density at radius 3 is 2.06 bits per heavy atom. The molecule has 0 spiro atoms. The van der Waals surface area contributed by atoms with Crippen molar-refractivity contribution in [2.45, 2.75) is 31.4 Å². The molecule has 3 aromatic carbocycles. The number of cyclic esters (lactones) is 1. The summed E-state index contributed by atoms with van der Waals surface area (Å²) >= 11 is 0. The van der Waals surface area contributed by atoms with Gasteiger partial charge in [0.05, 0.1) is 6.04 Å². The second-order valence-electron chi connectivity index (χ2n) is 8.81. The predicted molar refractivity (Wildman–Crippen MR) is 130 cm³/mol. The summed E-state index contributed by atoms with van der Waals surface area (Å²) in [5, 5.41) is 3.01. The average molecular weight is 483 g/mol. The van der Waals surface area contributed by atoms with E-state index in [-0.39, 0.29) is 24.2 Å². The molecule has 4 rings (SSSR count). The Bertz CT molecular complexity index is 1120. The monoisotopic (exact) mass is 482 g/mol. The lowest BCUT2D eigenvalue weighted by Gasteiger charge is -2.43. The molecule has 1 aliphatic heterocycles. The zero-order valence-corrected chi connectivity index (χ0v) is 19.6. The minimum absolute atomic E-state index is 0.222. The van der Waals surface area contributed by atoms with E-state index in [4.69, 9.17) is 4.74 Å². The topological polar surface area (TPSA) is 41.6 Å². The van der Waals surface area contributed by atoms with Crippen molar-refractivity contribution >= 4 is 6.09 Å². The van der Waals surface area contributed by atoms with Gasteiger partial charge in [-0.15, -0.1) is 0 Å². The van der Waals surface area contributed by atoms with Crippen LogP contribution in [0.1, 0.15) is 36.9 Å². The maximum absolute atomic E-state index is 13.5. The molecule has 35 heavy (non-hydrogen) atoms. The number of nitrogens with one attached hydrogen (secondary N) is 1. The van der Waals surface area contributed by atoms with Crippen LogP contribution in [0.2, 0.25) is 0 Å². The molecule has 0 aromatic heterocycles. The molecule has 3 aromatic rings. The molecular formula is C28H29F3N2O2. The number of carbonyl (C=O) groups is 1. The molecule has 1 N–H and O–H groups in total. The maximum atomic E-state index is 13.5. The van der Waals surface area contributed by atoms with Gasteiger partial charge in [-0.3, -0.25) is 0 Å². The fourth-order valence-corrected chi connectivity index (χ4v) is 4.56. The van der Waals surface area contributed by atoms with Crippen LogP contribution in [-0.2, 0) is 10.3 Å². The van der Waals surface area contributed by atoms with Gasteiger partial charge in [-0.05, 0) is 60.0 Å². The lowest BCUT2D eigenvalue weighted by atomic mass is 9.85. The lowest BCUT2D eigenvalue weighted by Crippen LogP contribution is -2.49. The minimum Gasteiger partial charge on any atom is -0.438 e. The molecule has 4 nitrogen and oxygen atoms in total. The van der Waals surface area contributed by atoms with Crippen LogP contribution < -0.4 is 5.32 Å². The first kappa shape index (κ1) is 24.8. The van der Waals surface area contributed by atoms with Crippen LogP contribution in [0.25, 0.3) is 11.1 Å². The van der Waals surface area contributed by atoms with Crippen LogP contribution in [0.15, 0.2) is 72.8 Å². The van der Waals surface area contributed by atoms with Crippen LogP contribution >= 0.6 is 0 Å².